The Morgan fingerprint density at radius 1 is 1.06 bits per heavy atom. The van der Waals surface area contributed by atoms with Crippen molar-refractivity contribution < 1.29 is 0 Å². The fourth-order valence-corrected chi connectivity index (χ4v) is 1.72. The third-order valence-electron chi connectivity index (χ3n) is 2.82. The first-order valence-electron chi connectivity index (χ1n) is 6.52. The summed E-state index contributed by atoms with van der Waals surface area (Å²) in [6.07, 6.45) is 4.55. The van der Waals surface area contributed by atoms with Gasteiger partial charge in [-0.2, -0.15) is 0 Å². The molecule has 1 aromatic heterocycles. The minimum absolute atomic E-state index is 0.860. The summed E-state index contributed by atoms with van der Waals surface area (Å²) in [6, 6.07) is 0. The van der Waals surface area contributed by atoms with Crippen LogP contribution < -0.4 is 10.6 Å². The van der Waals surface area contributed by atoms with Crippen molar-refractivity contribution in [3.8, 4) is 0 Å². The predicted octanol–water partition coefficient (Wildman–Crippen LogP) is 2.99. The summed E-state index contributed by atoms with van der Waals surface area (Å²) in [7, 11) is 1.90. The highest BCUT2D eigenvalue weighted by Crippen LogP contribution is 2.19. The van der Waals surface area contributed by atoms with E-state index in [4.69, 9.17) is 0 Å². The van der Waals surface area contributed by atoms with Gasteiger partial charge in [-0.15, -0.1) is 0 Å². The molecule has 4 heteroatoms. The maximum absolute atomic E-state index is 4.53. The van der Waals surface area contributed by atoms with Gasteiger partial charge in [0.05, 0.1) is 0 Å². The number of unbranched alkanes of at least 4 members (excludes halogenated alkanes) is 2. The van der Waals surface area contributed by atoms with Gasteiger partial charge in [-0.25, -0.2) is 9.97 Å². The zero-order valence-corrected chi connectivity index (χ0v) is 11.4. The summed E-state index contributed by atoms with van der Waals surface area (Å²) in [5.41, 5.74) is 1.10. The number of nitrogens with one attached hydrogen (secondary N) is 2. The number of anilines is 2. The Balaban J connectivity index is 2.75. The van der Waals surface area contributed by atoms with E-state index in [1.807, 2.05) is 14.0 Å². The topological polar surface area (TPSA) is 49.8 Å². The molecule has 96 valence electrons. The van der Waals surface area contributed by atoms with E-state index in [0.29, 0.717) is 0 Å². The Morgan fingerprint density at radius 3 is 2.35 bits per heavy atom. The molecular weight excluding hydrogens is 212 g/mol. The molecule has 0 bridgehead atoms. The van der Waals surface area contributed by atoms with E-state index in [9.17, 15) is 0 Å². The maximum atomic E-state index is 4.53. The summed E-state index contributed by atoms with van der Waals surface area (Å²) < 4.78 is 0. The zero-order valence-electron chi connectivity index (χ0n) is 11.4. The lowest BCUT2D eigenvalue weighted by Gasteiger charge is -2.13. The first kappa shape index (κ1) is 13.7. The molecule has 0 atom stereocenters. The number of rotatable bonds is 7. The molecule has 0 saturated carbocycles. The van der Waals surface area contributed by atoms with E-state index in [0.717, 1.165) is 36.0 Å². The van der Waals surface area contributed by atoms with E-state index in [1.165, 1.54) is 19.3 Å². The van der Waals surface area contributed by atoms with Crippen molar-refractivity contribution in [2.45, 2.75) is 46.5 Å². The maximum Gasteiger partial charge on any atom is 0.134 e. The van der Waals surface area contributed by atoms with Crippen molar-refractivity contribution in [2.75, 3.05) is 24.2 Å². The molecule has 2 N–H and O–H groups in total. The van der Waals surface area contributed by atoms with Crippen LogP contribution in [0.25, 0.3) is 0 Å². The van der Waals surface area contributed by atoms with Crippen LogP contribution in [0.5, 0.6) is 0 Å². The summed E-state index contributed by atoms with van der Waals surface area (Å²) in [5.74, 6) is 2.78. The lowest BCUT2D eigenvalue weighted by Crippen LogP contribution is -2.10. The molecule has 0 aliphatic rings. The van der Waals surface area contributed by atoms with Crippen molar-refractivity contribution in [3.63, 3.8) is 0 Å². The zero-order chi connectivity index (χ0) is 12.7. The van der Waals surface area contributed by atoms with Crippen LogP contribution in [-0.4, -0.2) is 23.6 Å². The average molecular weight is 236 g/mol. The lowest BCUT2D eigenvalue weighted by atomic mass is 10.2. The lowest BCUT2D eigenvalue weighted by molar-refractivity contribution is 0.741. The molecule has 0 saturated heterocycles. The molecule has 1 aromatic rings. The molecule has 1 rings (SSSR count). The average Bonchev–Trinajstić information content (AvgIpc) is 2.36. The molecule has 0 radical (unpaired) electrons. The van der Waals surface area contributed by atoms with Crippen LogP contribution in [0.15, 0.2) is 0 Å². The molecule has 0 aromatic carbocycles. The Labute approximate surface area is 104 Å². The van der Waals surface area contributed by atoms with Gasteiger partial charge in [-0.3, -0.25) is 0 Å². The van der Waals surface area contributed by atoms with Crippen molar-refractivity contribution in [1.82, 2.24) is 9.97 Å². The Hall–Kier alpha value is -1.32. The predicted molar refractivity (Wildman–Crippen MR) is 73.7 cm³/mol. The molecule has 17 heavy (non-hydrogen) atoms. The van der Waals surface area contributed by atoms with E-state index in [1.54, 1.807) is 0 Å². The smallest absolute Gasteiger partial charge is 0.134 e. The molecule has 4 nitrogen and oxygen atoms in total. The second-order valence-electron chi connectivity index (χ2n) is 4.20. The van der Waals surface area contributed by atoms with Gasteiger partial charge < -0.3 is 10.6 Å². The second kappa shape index (κ2) is 7.09. The van der Waals surface area contributed by atoms with Gasteiger partial charge in [0.25, 0.3) is 0 Å². The van der Waals surface area contributed by atoms with Gasteiger partial charge in [0.1, 0.15) is 17.5 Å². The molecule has 0 fully saturated rings. The first-order valence-corrected chi connectivity index (χ1v) is 6.52. The number of aromatic nitrogens is 2. The quantitative estimate of drug-likeness (QED) is 0.715. The van der Waals surface area contributed by atoms with Crippen molar-refractivity contribution >= 4 is 11.6 Å². The van der Waals surface area contributed by atoms with Crippen LogP contribution in [0.3, 0.4) is 0 Å². The van der Waals surface area contributed by atoms with Crippen LogP contribution in [0.1, 0.15) is 44.5 Å². The largest absolute Gasteiger partial charge is 0.373 e. The third-order valence-corrected chi connectivity index (χ3v) is 2.82. The fraction of sp³-hybridized carbons (Fsp3) is 0.692. The standard InChI is InChI=1S/C13H24N4/c1-5-7-8-9-15-13-10(3)12(14-4)16-11(6-2)17-13/h5-9H2,1-4H3,(H2,14,15,16,17). The molecule has 0 amide bonds. The first-order chi connectivity index (χ1) is 8.22. The minimum atomic E-state index is 0.860. The van der Waals surface area contributed by atoms with Gasteiger partial charge >= 0.3 is 0 Å². The van der Waals surface area contributed by atoms with Crippen LogP contribution >= 0.6 is 0 Å². The third kappa shape index (κ3) is 3.88. The van der Waals surface area contributed by atoms with Gasteiger partial charge in [-0.05, 0) is 13.3 Å². The van der Waals surface area contributed by atoms with Gasteiger partial charge in [-0.1, -0.05) is 26.7 Å². The Bertz CT molecular complexity index is 350. The molecule has 0 unspecified atom stereocenters. The van der Waals surface area contributed by atoms with E-state index >= 15 is 0 Å². The molecule has 0 aliphatic heterocycles. The Morgan fingerprint density at radius 2 is 1.76 bits per heavy atom. The highest BCUT2D eigenvalue weighted by Gasteiger charge is 2.08. The highest BCUT2D eigenvalue weighted by molar-refractivity contribution is 5.56. The van der Waals surface area contributed by atoms with Crippen LogP contribution in [0.2, 0.25) is 0 Å². The summed E-state index contributed by atoms with van der Waals surface area (Å²) in [4.78, 5) is 8.99. The van der Waals surface area contributed by atoms with E-state index < -0.39 is 0 Å². The van der Waals surface area contributed by atoms with Gasteiger partial charge in [0.2, 0.25) is 0 Å². The molecule has 0 aliphatic carbocycles. The second-order valence-corrected chi connectivity index (χ2v) is 4.20. The van der Waals surface area contributed by atoms with Crippen LogP contribution in [0, 0.1) is 6.92 Å². The normalized spacial score (nSPS) is 10.4. The van der Waals surface area contributed by atoms with Gasteiger partial charge in [0, 0.05) is 25.6 Å². The summed E-state index contributed by atoms with van der Waals surface area (Å²) in [5, 5.41) is 6.53. The fourth-order valence-electron chi connectivity index (χ4n) is 1.72. The molecule has 0 spiro atoms. The number of nitrogens with zero attached hydrogens (tertiary/aromatic N) is 2. The summed E-state index contributed by atoms with van der Waals surface area (Å²) >= 11 is 0. The number of aryl methyl sites for hydroxylation is 1. The van der Waals surface area contributed by atoms with Crippen LogP contribution in [-0.2, 0) is 6.42 Å². The van der Waals surface area contributed by atoms with Crippen molar-refractivity contribution in [1.29, 1.82) is 0 Å². The van der Waals surface area contributed by atoms with Crippen LogP contribution in [0.4, 0.5) is 11.6 Å². The van der Waals surface area contributed by atoms with Gasteiger partial charge in [0.15, 0.2) is 0 Å². The SMILES string of the molecule is CCCCCNc1nc(CC)nc(NC)c1C. The Kier molecular flexibility index (Phi) is 5.73. The van der Waals surface area contributed by atoms with E-state index in [2.05, 4.69) is 34.4 Å². The number of hydrogen-bond acceptors (Lipinski definition) is 4. The van der Waals surface area contributed by atoms with E-state index in [-0.39, 0.29) is 0 Å². The summed E-state index contributed by atoms with van der Waals surface area (Å²) in [6.45, 7) is 7.32. The number of hydrogen-bond donors (Lipinski definition) is 2. The monoisotopic (exact) mass is 236 g/mol. The molecular formula is C13H24N4. The highest BCUT2D eigenvalue weighted by atomic mass is 15.1. The minimum Gasteiger partial charge on any atom is -0.373 e. The molecule has 1 heterocycles. The van der Waals surface area contributed by atoms with Crippen molar-refractivity contribution in [2.24, 2.45) is 0 Å². The van der Waals surface area contributed by atoms with Crippen molar-refractivity contribution in [3.05, 3.63) is 11.4 Å².